The maximum Gasteiger partial charge on any atom is 0.271 e. The number of hydrazone groups is 1. The lowest BCUT2D eigenvalue weighted by Crippen LogP contribution is -2.18. The first kappa shape index (κ1) is 20.0. The van der Waals surface area contributed by atoms with Crippen LogP contribution >= 0.6 is 15.9 Å². The Morgan fingerprint density at radius 1 is 1.23 bits per heavy atom. The van der Waals surface area contributed by atoms with E-state index in [-0.39, 0.29) is 5.91 Å². The highest BCUT2D eigenvalue weighted by atomic mass is 79.9. The monoisotopic (exact) mass is 418 g/mol. The minimum atomic E-state index is -0.244. The van der Waals surface area contributed by atoms with E-state index in [0.29, 0.717) is 30.3 Å². The Morgan fingerprint density at radius 3 is 2.69 bits per heavy atom. The molecule has 2 rings (SSSR count). The number of benzene rings is 2. The van der Waals surface area contributed by atoms with Gasteiger partial charge in [0.2, 0.25) is 0 Å². The fraction of sp³-hybridized carbons (Fsp3) is 0.300. The van der Waals surface area contributed by atoms with Gasteiger partial charge in [-0.25, -0.2) is 5.43 Å². The Balaban J connectivity index is 2.14. The van der Waals surface area contributed by atoms with E-state index in [1.165, 1.54) is 0 Å². The third-order valence-corrected chi connectivity index (χ3v) is 4.14. The summed E-state index contributed by atoms with van der Waals surface area (Å²) in [5.41, 5.74) is 4.84. The van der Waals surface area contributed by atoms with E-state index < -0.39 is 0 Å². The molecule has 1 amide bonds. The molecule has 0 aliphatic carbocycles. The minimum absolute atomic E-state index is 0.244. The van der Waals surface area contributed by atoms with Crippen molar-refractivity contribution in [2.45, 2.75) is 27.2 Å². The molecule has 138 valence electrons. The van der Waals surface area contributed by atoms with Crippen LogP contribution in [0.1, 0.15) is 41.8 Å². The summed E-state index contributed by atoms with van der Waals surface area (Å²) in [5.74, 6) is 1.07. The minimum Gasteiger partial charge on any atom is -0.490 e. The predicted molar refractivity (Wildman–Crippen MR) is 107 cm³/mol. The van der Waals surface area contributed by atoms with Crippen LogP contribution < -0.4 is 14.9 Å². The van der Waals surface area contributed by atoms with Gasteiger partial charge in [-0.1, -0.05) is 25.1 Å². The first-order valence-electron chi connectivity index (χ1n) is 8.55. The summed E-state index contributed by atoms with van der Waals surface area (Å²) in [6, 6.07) is 11.1. The zero-order valence-corrected chi connectivity index (χ0v) is 16.8. The summed E-state index contributed by atoms with van der Waals surface area (Å²) in [4.78, 5) is 12.2. The van der Waals surface area contributed by atoms with Crippen LogP contribution in [0.5, 0.6) is 11.5 Å². The number of nitrogens with one attached hydrogen (secondary N) is 1. The number of hydrogen-bond acceptors (Lipinski definition) is 4. The molecule has 0 bridgehead atoms. The van der Waals surface area contributed by atoms with Crippen molar-refractivity contribution in [2.75, 3.05) is 13.2 Å². The molecule has 26 heavy (non-hydrogen) atoms. The average molecular weight is 419 g/mol. The number of carbonyl (C=O) groups is 1. The van der Waals surface area contributed by atoms with Gasteiger partial charge in [0.05, 0.1) is 23.9 Å². The number of carbonyl (C=O) groups excluding carboxylic acids is 1. The Labute approximate surface area is 162 Å². The molecule has 1 N–H and O–H groups in total. The molecule has 0 spiro atoms. The zero-order chi connectivity index (χ0) is 18.9. The van der Waals surface area contributed by atoms with E-state index in [4.69, 9.17) is 9.47 Å². The maximum atomic E-state index is 12.2. The van der Waals surface area contributed by atoms with Crippen LogP contribution in [0.2, 0.25) is 0 Å². The summed E-state index contributed by atoms with van der Waals surface area (Å²) in [7, 11) is 0. The number of amides is 1. The molecule has 0 saturated heterocycles. The van der Waals surface area contributed by atoms with Gasteiger partial charge < -0.3 is 9.47 Å². The second-order valence-corrected chi connectivity index (χ2v) is 6.48. The van der Waals surface area contributed by atoms with Gasteiger partial charge in [0, 0.05) is 5.56 Å². The first-order chi connectivity index (χ1) is 12.6. The van der Waals surface area contributed by atoms with E-state index in [2.05, 4.69) is 26.5 Å². The van der Waals surface area contributed by atoms with Crippen molar-refractivity contribution in [2.24, 2.45) is 5.10 Å². The van der Waals surface area contributed by atoms with Crippen molar-refractivity contribution in [3.63, 3.8) is 0 Å². The number of nitrogens with zero attached hydrogens (tertiary/aromatic N) is 1. The van der Waals surface area contributed by atoms with E-state index >= 15 is 0 Å². The van der Waals surface area contributed by atoms with E-state index in [1.54, 1.807) is 12.3 Å². The van der Waals surface area contributed by atoms with Crippen LogP contribution in [0.4, 0.5) is 0 Å². The van der Waals surface area contributed by atoms with Crippen molar-refractivity contribution in [1.82, 2.24) is 5.43 Å². The van der Waals surface area contributed by atoms with Crippen molar-refractivity contribution >= 4 is 28.1 Å². The number of ether oxygens (including phenoxy) is 2. The van der Waals surface area contributed by atoms with Gasteiger partial charge >= 0.3 is 0 Å². The summed E-state index contributed by atoms with van der Waals surface area (Å²) < 4.78 is 12.2. The molecule has 2 aromatic carbocycles. The lowest BCUT2D eigenvalue weighted by Gasteiger charge is -2.14. The molecule has 0 aliphatic heterocycles. The first-order valence-corrected chi connectivity index (χ1v) is 9.34. The van der Waals surface area contributed by atoms with Crippen LogP contribution in [0.15, 0.2) is 46.0 Å². The van der Waals surface area contributed by atoms with Gasteiger partial charge in [-0.15, -0.1) is 0 Å². The standard InChI is InChI=1S/C20H23BrN2O3/c1-4-10-26-19-17(21)11-15(12-18(19)25-5-2)13-22-23-20(24)16-9-7-6-8-14(16)3/h6-9,11-13H,4-5,10H2,1-3H3,(H,23,24)/b22-13+. The Hall–Kier alpha value is -2.34. The average Bonchev–Trinajstić information content (AvgIpc) is 2.61. The smallest absolute Gasteiger partial charge is 0.271 e. The normalized spacial score (nSPS) is 10.8. The second kappa shape index (κ2) is 9.97. The number of hydrogen-bond donors (Lipinski definition) is 1. The molecular formula is C20H23BrN2O3. The molecule has 0 aromatic heterocycles. The molecule has 5 nitrogen and oxygen atoms in total. The molecule has 6 heteroatoms. The van der Waals surface area contributed by atoms with E-state index in [1.807, 2.05) is 51.1 Å². The highest BCUT2D eigenvalue weighted by Crippen LogP contribution is 2.36. The van der Waals surface area contributed by atoms with E-state index in [0.717, 1.165) is 22.0 Å². The van der Waals surface area contributed by atoms with Gasteiger partial charge in [0.25, 0.3) is 5.91 Å². The Morgan fingerprint density at radius 2 is 2.00 bits per heavy atom. The summed E-state index contributed by atoms with van der Waals surface area (Å²) in [6.07, 6.45) is 2.49. The Bertz CT molecular complexity index is 791. The molecule has 0 radical (unpaired) electrons. The topological polar surface area (TPSA) is 59.9 Å². The molecule has 0 unspecified atom stereocenters. The lowest BCUT2D eigenvalue weighted by molar-refractivity contribution is 0.0954. The lowest BCUT2D eigenvalue weighted by atomic mass is 10.1. The van der Waals surface area contributed by atoms with Gasteiger partial charge in [-0.2, -0.15) is 5.10 Å². The highest BCUT2D eigenvalue weighted by Gasteiger charge is 2.12. The van der Waals surface area contributed by atoms with Gasteiger partial charge in [0.1, 0.15) is 0 Å². The fourth-order valence-corrected chi connectivity index (χ4v) is 2.90. The molecule has 0 atom stereocenters. The van der Waals surface area contributed by atoms with Crippen molar-refractivity contribution in [3.8, 4) is 11.5 Å². The van der Waals surface area contributed by atoms with Gasteiger partial charge in [-0.05, 0) is 65.5 Å². The molecule has 2 aromatic rings. The summed E-state index contributed by atoms with van der Waals surface area (Å²) >= 11 is 3.51. The number of halogens is 1. The molecule has 0 heterocycles. The van der Waals surface area contributed by atoms with Crippen LogP contribution in [-0.2, 0) is 0 Å². The van der Waals surface area contributed by atoms with Crippen LogP contribution in [0, 0.1) is 6.92 Å². The molecule has 0 fully saturated rings. The number of rotatable bonds is 8. The van der Waals surface area contributed by atoms with E-state index in [9.17, 15) is 4.79 Å². The van der Waals surface area contributed by atoms with Gasteiger partial charge in [0.15, 0.2) is 11.5 Å². The summed E-state index contributed by atoms with van der Waals surface area (Å²) in [6.45, 7) is 6.99. The largest absolute Gasteiger partial charge is 0.490 e. The van der Waals surface area contributed by atoms with Crippen LogP contribution in [0.25, 0.3) is 0 Å². The number of aryl methyl sites for hydroxylation is 1. The second-order valence-electron chi connectivity index (χ2n) is 5.63. The van der Waals surface area contributed by atoms with Crippen LogP contribution in [0.3, 0.4) is 0 Å². The van der Waals surface area contributed by atoms with Crippen LogP contribution in [-0.4, -0.2) is 25.3 Å². The third kappa shape index (κ3) is 5.33. The predicted octanol–water partition coefficient (Wildman–Crippen LogP) is 4.71. The third-order valence-electron chi connectivity index (χ3n) is 3.55. The highest BCUT2D eigenvalue weighted by molar-refractivity contribution is 9.10. The van der Waals surface area contributed by atoms with Crippen molar-refractivity contribution < 1.29 is 14.3 Å². The fourth-order valence-electron chi connectivity index (χ4n) is 2.32. The summed E-state index contributed by atoms with van der Waals surface area (Å²) in [5, 5.41) is 4.05. The van der Waals surface area contributed by atoms with Gasteiger partial charge in [-0.3, -0.25) is 4.79 Å². The zero-order valence-electron chi connectivity index (χ0n) is 15.2. The van der Waals surface area contributed by atoms with Crippen molar-refractivity contribution in [3.05, 3.63) is 57.6 Å². The molecule has 0 aliphatic rings. The Kier molecular flexibility index (Phi) is 7.66. The maximum absolute atomic E-state index is 12.2. The van der Waals surface area contributed by atoms with Crippen molar-refractivity contribution in [1.29, 1.82) is 0 Å². The molecular weight excluding hydrogens is 396 g/mol. The molecule has 0 saturated carbocycles. The quantitative estimate of drug-likeness (QED) is 0.498. The SMILES string of the molecule is CCCOc1c(Br)cc(/C=N/NC(=O)c2ccccc2C)cc1OCC.